The maximum absolute atomic E-state index is 10.3. The van der Waals surface area contributed by atoms with Crippen LogP contribution < -0.4 is 0 Å². The summed E-state index contributed by atoms with van der Waals surface area (Å²) in [4.78, 5) is 16.8. The number of hydrogen-bond donors (Lipinski definition) is 3. The minimum Gasteiger partial charge on any atom is -0.388 e. The molecule has 6 nitrogen and oxygen atoms in total. The second kappa shape index (κ2) is 4.50. The summed E-state index contributed by atoms with van der Waals surface area (Å²) in [6.45, 7) is 2.57. The maximum Gasteiger partial charge on any atom is 0.469 e. The van der Waals surface area contributed by atoms with Crippen molar-refractivity contribution in [3.8, 4) is 0 Å². The third-order valence-corrected chi connectivity index (χ3v) is 1.95. The highest BCUT2D eigenvalue weighted by molar-refractivity contribution is 7.46. The number of rotatable bonds is 5. The highest BCUT2D eigenvalue weighted by Gasteiger charge is 2.29. The number of methoxy groups -OCH3 is 1. The Morgan fingerprint density at radius 3 is 2.15 bits per heavy atom. The number of hydrogen-bond acceptors (Lipinski definition) is 4. The van der Waals surface area contributed by atoms with Gasteiger partial charge in [0, 0.05) is 7.11 Å². The monoisotopic (exact) mass is 214 g/mol. The Morgan fingerprint density at radius 1 is 1.46 bits per heavy atom. The average Bonchev–Trinajstić information content (AvgIpc) is 1.82. The van der Waals surface area contributed by atoms with Gasteiger partial charge in [0.05, 0.1) is 12.2 Å². The summed E-state index contributed by atoms with van der Waals surface area (Å²) in [6, 6.07) is 0. The molecule has 3 N–H and O–H groups in total. The van der Waals surface area contributed by atoms with Crippen LogP contribution in [0.2, 0.25) is 0 Å². The van der Waals surface area contributed by atoms with Crippen LogP contribution in [0.25, 0.3) is 0 Å². The van der Waals surface area contributed by atoms with E-state index in [0.717, 1.165) is 0 Å². The van der Waals surface area contributed by atoms with Crippen LogP contribution >= 0.6 is 7.82 Å². The van der Waals surface area contributed by atoms with Crippen LogP contribution in [0.3, 0.4) is 0 Å². The molecule has 0 rings (SSSR count). The van der Waals surface area contributed by atoms with Gasteiger partial charge in [-0.3, -0.25) is 4.52 Å². The van der Waals surface area contributed by atoms with E-state index in [1.165, 1.54) is 21.0 Å². The van der Waals surface area contributed by atoms with Crippen molar-refractivity contribution >= 4 is 7.82 Å². The predicted octanol–water partition coefficient (Wildman–Crippen LogP) is -0.118. The van der Waals surface area contributed by atoms with Gasteiger partial charge in [0.25, 0.3) is 0 Å². The maximum atomic E-state index is 10.3. The molecule has 0 aliphatic heterocycles. The molecule has 0 spiro atoms. The molecule has 0 bridgehead atoms. The van der Waals surface area contributed by atoms with E-state index in [1.807, 2.05) is 0 Å². The zero-order valence-corrected chi connectivity index (χ0v) is 8.69. The molecular formula is C6H15O6P. The molecule has 0 aliphatic carbocycles. The lowest BCUT2D eigenvalue weighted by Gasteiger charge is -2.27. The van der Waals surface area contributed by atoms with Crippen molar-refractivity contribution in [2.75, 3.05) is 13.7 Å². The molecule has 1 atom stereocenters. The van der Waals surface area contributed by atoms with Gasteiger partial charge in [0.2, 0.25) is 0 Å². The predicted molar refractivity (Wildman–Crippen MR) is 45.1 cm³/mol. The molecule has 0 aliphatic rings. The molecule has 0 saturated carbocycles. The largest absolute Gasteiger partial charge is 0.469 e. The van der Waals surface area contributed by atoms with E-state index in [0.29, 0.717) is 0 Å². The lowest BCUT2D eigenvalue weighted by Crippen LogP contribution is -2.40. The third kappa shape index (κ3) is 6.15. The quantitative estimate of drug-likeness (QED) is 0.552. The Bertz CT molecular complexity index is 192. The molecule has 1 unspecified atom stereocenters. The van der Waals surface area contributed by atoms with Crippen molar-refractivity contribution in [1.29, 1.82) is 0 Å². The van der Waals surface area contributed by atoms with Crippen LogP contribution in [0.1, 0.15) is 13.8 Å². The van der Waals surface area contributed by atoms with Gasteiger partial charge in [0.15, 0.2) is 0 Å². The van der Waals surface area contributed by atoms with E-state index in [9.17, 15) is 9.67 Å². The van der Waals surface area contributed by atoms with Gasteiger partial charge in [-0.2, -0.15) is 0 Å². The summed E-state index contributed by atoms with van der Waals surface area (Å²) in [6.07, 6.45) is -0.778. The van der Waals surface area contributed by atoms with Crippen LogP contribution in [0.15, 0.2) is 0 Å². The second-order valence-corrected chi connectivity index (χ2v) is 4.40. The van der Waals surface area contributed by atoms with E-state index in [-0.39, 0.29) is 6.61 Å². The zero-order valence-electron chi connectivity index (χ0n) is 7.80. The minimum atomic E-state index is -4.49. The van der Waals surface area contributed by atoms with E-state index in [1.54, 1.807) is 0 Å². The average molecular weight is 214 g/mol. The molecular weight excluding hydrogens is 199 g/mol. The second-order valence-electron chi connectivity index (χ2n) is 3.16. The zero-order chi connectivity index (χ0) is 10.7. The lowest BCUT2D eigenvalue weighted by atomic mass is 10.0. The standard InChI is InChI=1S/C6H15O6P/c1-6(2,7)5(11-3)4-12-13(8,9)10/h5,7H,4H2,1-3H3,(H2,8,9,10). The first-order valence-electron chi connectivity index (χ1n) is 3.62. The topological polar surface area (TPSA) is 96.2 Å². The van der Waals surface area contributed by atoms with Crippen LogP contribution in [0, 0.1) is 0 Å². The fourth-order valence-corrected chi connectivity index (χ4v) is 1.05. The Morgan fingerprint density at radius 2 is 1.92 bits per heavy atom. The molecule has 0 fully saturated rings. The molecule has 80 valence electrons. The van der Waals surface area contributed by atoms with Gasteiger partial charge in [-0.25, -0.2) is 4.57 Å². The molecule has 0 saturated heterocycles. The molecule has 13 heavy (non-hydrogen) atoms. The van der Waals surface area contributed by atoms with Crippen molar-refractivity contribution in [2.24, 2.45) is 0 Å². The number of phosphoric ester groups is 1. The highest BCUT2D eigenvalue weighted by Crippen LogP contribution is 2.36. The van der Waals surface area contributed by atoms with Gasteiger partial charge in [-0.1, -0.05) is 0 Å². The third-order valence-electron chi connectivity index (χ3n) is 1.47. The molecule has 0 aromatic carbocycles. The molecule has 0 amide bonds. The summed E-state index contributed by atoms with van der Waals surface area (Å²) in [5.41, 5.74) is -1.20. The molecule has 0 heterocycles. The fraction of sp³-hybridized carbons (Fsp3) is 1.00. The molecule has 7 heteroatoms. The van der Waals surface area contributed by atoms with Crippen molar-refractivity contribution in [2.45, 2.75) is 25.6 Å². The first-order valence-corrected chi connectivity index (χ1v) is 5.15. The van der Waals surface area contributed by atoms with Crippen LogP contribution in [0.4, 0.5) is 0 Å². The summed E-state index contributed by atoms with van der Waals surface area (Å²) >= 11 is 0. The Labute approximate surface area is 76.7 Å². The summed E-state index contributed by atoms with van der Waals surface area (Å²) in [5, 5.41) is 9.42. The Hall–Kier alpha value is 0.0300. The van der Waals surface area contributed by atoms with Crippen LogP contribution in [-0.4, -0.2) is 40.3 Å². The van der Waals surface area contributed by atoms with Crippen LogP contribution in [0.5, 0.6) is 0 Å². The fourth-order valence-electron chi connectivity index (χ4n) is 0.725. The van der Waals surface area contributed by atoms with Gasteiger partial charge >= 0.3 is 7.82 Å². The van der Waals surface area contributed by atoms with Crippen molar-refractivity contribution < 1.29 is 28.7 Å². The van der Waals surface area contributed by atoms with E-state index < -0.39 is 19.5 Å². The van der Waals surface area contributed by atoms with Gasteiger partial charge in [0.1, 0.15) is 6.10 Å². The normalized spacial score (nSPS) is 15.8. The minimum absolute atomic E-state index is 0.357. The number of aliphatic hydroxyl groups is 1. The van der Waals surface area contributed by atoms with E-state index in [4.69, 9.17) is 14.5 Å². The summed E-state index contributed by atoms with van der Waals surface area (Å²) < 4.78 is 19.3. The van der Waals surface area contributed by atoms with E-state index in [2.05, 4.69) is 4.52 Å². The molecule has 0 aromatic heterocycles. The molecule has 0 radical (unpaired) electrons. The Balaban J connectivity index is 4.09. The SMILES string of the molecule is COC(COP(=O)(O)O)C(C)(C)O. The summed E-state index contributed by atoms with van der Waals surface area (Å²) in [5.74, 6) is 0. The van der Waals surface area contributed by atoms with Crippen molar-refractivity contribution in [1.82, 2.24) is 0 Å². The number of phosphoric acid groups is 1. The van der Waals surface area contributed by atoms with Crippen molar-refractivity contribution in [3.05, 3.63) is 0 Å². The van der Waals surface area contributed by atoms with Gasteiger partial charge in [-0.05, 0) is 13.8 Å². The first kappa shape index (κ1) is 13.0. The van der Waals surface area contributed by atoms with E-state index >= 15 is 0 Å². The lowest BCUT2D eigenvalue weighted by molar-refractivity contribution is -0.0894. The molecule has 0 aromatic rings. The highest BCUT2D eigenvalue weighted by atomic mass is 31.2. The van der Waals surface area contributed by atoms with Crippen LogP contribution in [-0.2, 0) is 13.8 Å². The van der Waals surface area contributed by atoms with Gasteiger partial charge in [-0.15, -0.1) is 0 Å². The summed E-state index contributed by atoms with van der Waals surface area (Å²) in [7, 11) is -3.17. The number of ether oxygens (including phenoxy) is 1. The van der Waals surface area contributed by atoms with Crippen molar-refractivity contribution in [3.63, 3.8) is 0 Å². The smallest absolute Gasteiger partial charge is 0.388 e. The van der Waals surface area contributed by atoms with Gasteiger partial charge < -0.3 is 19.6 Å². The Kier molecular flexibility index (Phi) is 4.51. The first-order chi connectivity index (χ1) is 5.67.